The number of nitrogens with zero attached hydrogens (tertiary/aromatic N) is 1. The van der Waals surface area contributed by atoms with E-state index in [-0.39, 0.29) is 30.8 Å². The van der Waals surface area contributed by atoms with Crippen LogP contribution in [0.1, 0.15) is 18.4 Å². The molecule has 1 aliphatic heterocycles. The topological polar surface area (TPSA) is 70.0 Å². The average molecular weight is 323 g/mol. The van der Waals surface area contributed by atoms with Crippen molar-refractivity contribution in [1.29, 1.82) is 0 Å². The van der Waals surface area contributed by atoms with Crippen LogP contribution >= 0.6 is 0 Å². The molecule has 2 fully saturated rings. The normalized spacial score (nSPS) is 29.1. The molecule has 1 saturated heterocycles. The molecule has 2 aliphatic rings. The number of ether oxygens (including phenoxy) is 1. The van der Waals surface area contributed by atoms with Crippen LogP contribution < -0.4 is 0 Å². The van der Waals surface area contributed by atoms with Crippen LogP contribution in [0.3, 0.4) is 0 Å². The van der Waals surface area contributed by atoms with Gasteiger partial charge < -0.3 is 19.8 Å². The highest BCUT2D eigenvalue weighted by atomic mass is 19.1. The summed E-state index contributed by atoms with van der Waals surface area (Å²) in [4.78, 5) is 14.3. The van der Waals surface area contributed by atoms with E-state index in [1.54, 1.807) is 25.2 Å². The second-order valence-corrected chi connectivity index (χ2v) is 6.60. The molecule has 1 aromatic carbocycles. The second-order valence-electron chi connectivity index (χ2n) is 6.60. The van der Waals surface area contributed by atoms with Crippen molar-refractivity contribution in [2.75, 3.05) is 26.8 Å². The van der Waals surface area contributed by atoms with Crippen LogP contribution in [0.15, 0.2) is 24.3 Å². The Balaban J connectivity index is 1.72. The molecule has 6 heteroatoms. The summed E-state index contributed by atoms with van der Waals surface area (Å²) in [6.45, 7) is 0.671. The van der Waals surface area contributed by atoms with E-state index in [0.717, 1.165) is 0 Å². The lowest BCUT2D eigenvalue weighted by atomic mass is 9.92. The van der Waals surface area contributed by atoms with Crippen LogP contribution in [0, 0.1) is 11.7 Å². The zero-order valence-electron chi connectivity index (χ0n) is 13.1. The van der Waals surface area contributed by atoms with Crippen molar-refractivity contribution in [2.24, 2.45) is 5.92 Å². The summed E-state index contributed by atoms with van der Waals surface area (Å²) in [6, 6.07) is 6.38. The molecule has 126 valence electrons. The van der Waals surface area contributed by atoms with Gasteiger partial charge >= 0.3 is 0 Å². The van der Waals surface area contributed by atoms with Crippen molar-refractivity contribution in [1.82, 2.24) is 4.90 Å². The molecule has 5 nitrogen and oxygen atoms in total. The number of hydrogen-bond acceptors (Lipinski definition) is 4. The fourth-order valence-corrected chi connectivity index (χ4v) is 3.38. The fraction of sp³-hybridized carbons (Fsp3) is 0.588. The number of rotatable bonds is 4. The van der Waals surface area contributed by atoms with E-state index in [0.29, 0.717) is 25.0 Å². The monoisotopic (exact) mass is 323 g/mol. The molecule has 0 bridgehead atoms. The smallest absolute Gasteiger partial charge is 0.233 e. The molecular formula is C17H22FNO4. The van der Waals surface area contributed by atoms with Crippen molar-refractivity contribution in [2.45, 2.75) is 30.5 Å². The van der Waals surface area contributed by atoms with Crippen LogP contribution in [-0.2, 0) is 14.9 Å². The number of likely N-dealkylation sites (N-methyl/N-ethyl adjacent to an activating group) is 1. The number of hydrogen-bond donors (Lipinski definition) is 2. The summed E-state index contributed by atoms with van der Waals surface area (Å²) >= 11 is 0. The SMILES string of the molecule is CN(C[C@@H]1COC[C@@H](O)[C@H]1O)C(=O)C1(c2ccccc2F)CC1. The van der Waals surface area contributed by atoms with E-state index in [4.69, 9.17) is 4.74 Å². The molecule has 1 heterocycles. The first-order valence-electron chi connectivity index (χ1n) is 7.90. The van der Waals surface area contributed by atoms with E-state index < -0.39 is 17.6 Å². The van der Waals surface area contributed by atoms with Crippen molar-refractivity contribution in [3.05, 3.63) is 35.6 Å². The molecule has 3 rings (SSSR count). The molecule has 0 radical (unpaired) electrons. The Morgan fingerprint density at radius 2 is 2.04 bits per heavy atom. The van der Waals surface area contributed by atoms with E-state index in [9.17, 15) is 19.4 Å². The van der Waals surface area contributed by atoms with Crippen LogP contribution in [0.25, 0.3) is 0 Å². The van der Waals surface area contributed by atoms with Crippen LogP contribution in [0.4, 0.5) is 4.39 Å². The van der Waals surface area contributed by atoms with E-state index in [1.165, 1.54) is 11.0 Å². The molecule has 1 aromatic rings. The van der Waals surface area contributed by atoms with E-state index >= 15 is 0 Å². The summed E-state index contributed by atoms with van der Waals surface area (Å²) in [5.74, 6) is -0.845. The molecule has 1 saturated carbocycles. The van der Waals surface area contributed by atoms with Crippen molar-refractivity contribution in [3.8, 4) is 0 Å². The largest absolute Gasteiger partial charge is 0.390 e. The standard InChI is InChI=1S/C17H22FNO4/c1-19(8-11-9-23-10-14(20)15(11)21)16(22)17(6-7-17)12-4-2-3-5-13(12)18/h2-5,11,14-15,20-21H,6-10H2,1H3/t11-,14-,15+/m1/s1. The van der Waals surface area contributed by atoms with Gasteiger partial charge in [-0.25, -0.2) is 4.39 Å². The molecule has 1 aliphatic carbocycles. The number of amides is 1. The lowest BCUT2D eigenvalue weighted by Crippen LogP contribution is -2.50. The zero-order valence-corrected chi connectivity index (χ0v) is 13.1. The first-order valence-corrected chi connectivity index (χ1v) is 7.90. The summed E-state index contributed by atoms with van der Waals surface area (Å²) in [6.07, 6.45) is -0.589. The highest BCUT2D eigenvalue weighted by Crippen LogP contribution is 2.50. The second kappa shape index (κ2) is 6.19. The maximum atomic E-state index is 14.1. The fourth-order valence-electron chi connectivity index (χ4n) is 3.38. The first kappa shape index (κ1) is 16.4. The molecule has 2 N–H and O–H groups in total. The van der Waals surface area contributed by atoms with Gasteiger partial charge in [-0.2, -0.15) is 0 Å². The van der Waals surface area contributed by atoms with Gasteiger partial charge in [0.2, 0.25) is 5.91 Å². The predicted octanol–water partition coefficient (Wildman–Crippen LogP) is 0.684. The van der Waals surface area contributed by atoms with Crippen molar-refractivity contribution in [3.63, 3.8) is 0 Å². The van der Waals surface area contributed by atoms with Gasteiger partial charge in [-0.1, -0.05) is 18.2 Å². The molecule has 1 amide bonds. The van der Waals surface area contributed by atoms with Gasteiger partial charge in [-0.3, -0.25) is 4.79 Å². The lowest BCUT2D eigenvalue weighted by molar-refractivity contribution is -0.142. The molecule has 0 aromatic heterocycles. The Kier molecular flexibility index (Phi) is 4.40. The minimum atomic E-state index is -0.932. The number of aliphatic hydroxyl groups is 2. The summed E-state index contributed by atoms with van der Waals surface area (Å²) in [5, 5.41) is 19.7. The lowest BCUT2D eigenvalue weighted by Gasteiger charge is -2.35. The van der Waals surface area contributed by atoms with Gasteiger partial charge in [0.1, 0.15) is 11.9 Å². The van der Waals surface area contributed by atoms with Gasteiger partial charge in [0, 0.05) is 25.1 Å². The highest BCUT2D eigenvalue weighted by Gasteiger charge is 2.54. The Morgan fingerprint density at radius 1 is 1.35 bits per heavy atom. The number of aliphatic hydroxyl groups excluding tert-OH is 2. The van der Waals surface area contributed by atoms with Crippen molar-refractivity contribution >= 4 is 5.91 Å². The molecule has 0 unspecified atom stereocenters. The third-order valence-corrected chi connectivity index (χ3v) is 4.90. The maximum Gasteiger partial charge on any atom is 0.233 e. The number of carbonyl (C=O) groups excluding carboxylic acids is 1. The quantitative estimate of drug-likeness (QED) is 0.855. The average Bonchev–Trinajstić information content (AvgIpc) is 3.33. The maximum absolute atomic E-state index is 14.1. The molecular weight excluding hydrogens is 301 g/mol. The van der Waals surface area contributed by atoms with Gasteiger partial charge in [-0.05, 0) is 18.9 Å². The molecule has 3 atom stereocenters. The number of carbonyl (C=O) groups is 1. The minimum Gasteiger partial charge on any atom is -0.390 e. The first-order chi connectivity index (χ1) is 11.0. The zero-order chi connectivity index (χ0) is 16.6. The Labute approximate surface area is 134 Å². The minimum absolute atomic E-state index is 0.106. The Hall–Kier alpha value is -1.50. The molecule has 23 heavy (non-hydrogen) atoms. The summed E-state index contributed by atoms with van der Waals surface area (Å²) in [7, 11) is 1.65. The summed E-state index contributed by atoms with van der Waals surface area (Å²) < 4.78 is 19.3. The third kappa shape index (κ3) is 2.98. The van der Waals surface area contributed by atoms with E-state index in [1.807, 2.05) is 0 Å². The van der Waals surface area contributed by atoms with Crippen LogP contribution in [0.2, 0.25) is 0 Å². The summed E-state index contributed by atoms with van der Waals surface area (Å²) in [5.41, 5.74) is -0.337. The number of benzene rings is 1. The van der Waals surface area contributed by atoms with Gasteiger partial charge in [0.05, 0.1) is 24.7 Å². The third-order valence-electron chi connectivity index (χ3n) is 4.90. The molecule has 0 spiro atoms. The number of halogens is 1. The van der Waals surface area contributed by atoms with E-state index in [2.05, 4.69) is 0 Å². The van der Waals surface area contributed by atoms with Crippen LogP contribution in [-0.4, -0.2) is 60.0 Å². The van der Waals surface area contributed by atoms with Gasteiger partial charge in [-0.15, -0.1) is 0 Å². The van der Waals surface area contributed by atoms with Gasteiger partial charge in [0.25, 0.3) is 0 Å². The van der Waals surface area contributed by atoms with Crippen LogP contribution in [0.5, 0.6) is 0 Å². The highest BCUT2D eigenvalue weighted by molar-refractivity contribution is 5.91. The van der Waals surface area contributed by atoms with Gasteiger partial charge in [0.15, 0.2) is 0 Å². The predicted molar refractivity (Wildman–Crippen MR) is 81.3 cm³/mol. The Morgan fingerprint density at radius 3 is 2.70 bits per heavy atom. The Bertz CT molecular complexity index is 590. The van der Waals surface area contributed by atoms with Crippen molar-refractivity contribution < 1.29 is 24.1 Å².